The van der Waals surface area contributed by atoms with E-state index < -0.39 is 0 Å². The van der Waals surface area contributed by atoms with Gasteiger partial charge in [0.2, 0.25) is 0 Å². The van der Waals surface area contributed by atoms with Crippen LogP contribution in [-0.4, -0.2) is 18.6 Å². The second-order valence-electron chi connectivity index (χ2n) is 2.75. The minimum Gasteiger partial charge on any atom is -0.409 e. The smallest absolute Gasteiger partial charge is 0.254 e. The van der Waals surface area contributed by atoms with E-state index in [2.05, 4.69) is 23.4 Å². The molecule has 0 spiro atoms. The van der Waals surface area contributed by atoms with Gasteiger partial charge in [0.25, 0.3) is 6.79 Å². The van der Waals surface area contributed by atoms with E-state index >= 15 is 0 Å². The number of hydrogen-bond donors (Lipinski definition) is 0. The molecule has 0 amide bonds. The van der Waals surface area contributed by atoms with Crippen LogP contribution in [0, 0.1) is 0 Å². The molecule has 1 aromatic rings. The molecule has 0 atom stereocenters. The standard InChI is InChI=1S/C11H14O2/c1-3-10-4-6-11(7-5-10)8-13-9-12-2/h3-7H,1,8-9H2,2H3/p+1. The van der Waals surface area contributed by atoms with Crippen LogP contribution in [0.1, 0.15) is 11.1 Å². The quantitative estimate of drug-likeness (QED) is 0.385. The minimum atomic E-state index is 0.462. The van der Waals surface area contributed by atoms with Gasteiger partial charge in [-0.25, -0.2) is 0 Å². The van der Waals surface area contributed by atoms with E-state index in [1.54, 1.807) is 7.11 Å². The van der Waals surface area contributed by atoms with Crippen molar-refractivity contribution in [1.82, 2.24) is 0 Å². The third-order valence-electron chi connectivity index (χ3n) is 1.73. The fourth-order valence-electron chi connectivity index (χ4n) is 1.03. The van der Waals surface area contributed by atoms with Gasteiger partial charge in [-0.3, -0.25) is 0 Å². The summed E-state index contributed by atoms with van der Waals surface area (Å²) in [5, 5.41) is 0. The van der Waals surface area contributed by atoms with Gasteiger partial charge < -0.3 is 9.47 Å². The zero-order chi connectivity index (χ0) is 9.52. The number of rotatable bonds is 5. The molecule has 1 N–H and O–H groups in total. The van der Waals surface area contributed by atoms with Gasteiger partial charge >= 0.3 is 0 Å². The van der Waals surface area contributed by atoms with Crippen molar-refractivity contribution < 1.29 is 9.47 Å². The van der Waals surface area contributed by atoms with E-state index in [-0.39, 0.29) is 0 Å². The number of ether oxygens (including phenoxy) is 2. The predicted molar refractivity (Wildman–Crippen MR) is 54.3 cm³/mol. The molecule has 2 heteroatoms. The third-order valence-corrected chi connectivity index (χ3v) is 1.73. The van der Waals surface area contributed by atoms with Crippen molar-refractivity contribution in [3.8, 4) is 0 Å². The summed E-state index contributed by atoms with van der Waals surface area (Å²) in [5.74, 6) is 0. The Morgan fingerprint density at radius 1 is 1.38 bits per heavy atom. The highest BCUT2D eigenvalue weighted by Crippen LogP contribution is 2.05. The largest absolute Gasteiger partial charge is 0.409 e. The van der Waals surface area contributed by atoms with Crippen LogP contribution in [-0.2, 0) is 11.3 Å². The minimum absolute atomic E-state index is 0.462. The van der Waals surface area contributed by atoms with Crippen LogP contribution in [0.5, 0.6) is 0 Å². The lowest BCUT2D eigenvalue weighted by Gasteiger charge is -2.00. The Bertz CT molecular complexity index is 251. The predicted octanol–water partition coefficient (Wildman–Crippen LogP) is 1.96. The highest BCUT2D eigenvalue weighted by molar-refractivity contribution is 5.47. The molecular formula is C11H15O2+. The maximum Gasteiger partial charge on any atom is 0.254 e. The zero-order valence-corrected chi connectivity index (χ0v) is 7.86. The van der Waals surface area contributed by atoms with Gasteiger partial charge in [0.1, 0.15) is 0 Å². The summed E-state index contributed by atoms with van der Waals surface area (Å²) in [4.78, 5) is 0. The van der Waals surface area contributed by atoms with E-state index in [4.69, 9.17) is 4.74 Å². The molecule has 0 radical (unpaired) electrons. The van der Waals surface area contributed by atoms with Gasteiger partial charge in [-0.05, 0) is 5.56 Å². The van der Waals surface area contributed by atoms with Gasteiger partial charge in [0.05, 0.1) is 0 Å². The number of methoxy groups -OCH3 is 1. The molecule has 0 heterocycles. The second kappa shape index (κ2) is 5.51. The summed E-state index contributed by atoms with van der Waals surface area (Å²) in [6.07, 6.45) is 1.83. The molecule has 0 saturated carbocycles. The van der Waals surface area contributed by atoms with E-state index in [0.29, 0.717) is 13.4 Å². The Kier molecular flexibility index (Phi) is 4.23. The summed E-state index contributed by atoms with van der Waals surface area (Å²) >= 11 is 0. The van der Waals surface area contributed by atoms with E-state index in [1.165, 1.54) is 5.56 Å². The van der Waals surface area contributed by atoms with Crippen LogP contribution >= 0.6 is 0 Å². The summed E-state index contributed by atoms with van der Waals surface area (Å²) in [6, 6.07) is 8.17. The highest BCUT2D eigenvalue weighted by atomic mass is 16.7. The fourth-order valence-corrected chi connectivity index (χ4v) is 1.03. The highest BCUT2D eigenvalue weighted by Gasteiger charge is 1.95. The first-order valence-electron chi connectivity index (χ1n) is 4.20. The molecule has 0 bridgehead atoms. The molecule has 2 nitrogen and oxygen atoms in total. The Morgan fingerprint density at radius 3 is 2.62 bits per heavy atom. The number of aliphatic hydroxyl groups is 2. The SMILES string of the molecule is C=Cc1ccc(C[OH+]COC)cc1. The first kappa shape index (κ1) is 9.96. The van der Waals surface area contributed by atoms with Gasteiger partial charge in [0.15, 0.2) is 6.61 Å². The second-order valence-corrected chi connectivity index (χ2v) is 2.75. The Hall–Kier alpha value is -1.12. The van der Waals surface area contributed by atoms with E-state index in [1.807, 2.05) is 18.2 Å². The van der Waals surface area contributed by atoms with Crippen LogP contribution < -0.4 is 0 Å². The first-order chi connectivity index (χ1) is 6.36. The van der Waals surface area contributed by atoms with Crippen LogP contribution in [0.3, 0.4) is 0 Å². The van der Waals surface area contributed by atoms with Crippen molar-refractivity contribution in [2.75, 3.05) is 13.9 Å². The normalized spacial score (nSPS) is 9.92. The van der Waals surface area contributed by atoms with E-state index in [9.17, 15) is 0 Å². The molecule has 0 aliphatic heterocycles. The van der Waals surface area contributed by atoms with Crippen LogP contribution in [0.15, 0.2) is 30.8 Å². The summed E-state index contributed by atoms with van der Waals surface area (Å²) in [7, 11) is 1.64. The lowest BCUT2D eigenvalue weighted by atomic mass is 10.1. The average molecular weight is 179 g/mol. The Labute approximate surface area is 78.8 Å². The molecule has 1 aromatic carbocycles. The lowest BCUT2D eigenvalue weighted by Crippen LogP contribution is -2.01. The molecule has 0 aliphatic carbocycles. The van der Waals surface area contributed by atoms with Crippen molar-refractivity contribution in [3.05, 3.63) is 42.0 Å². The topological polar surface area (TPSA) is 22.0 Å². The van der Waals surface area contributed by atoms with Gasteiger partial charge in [-0.15, -0.1) is 0 Å². The molecule has 70 valence electrons. The summed E-state index contributed by atoms with van der Waals surface area (Å²) < 4.78 is 8.99. The maximum atomic E-state index is 4.83. The van der Waals surface area contributed by atoms with Gasteiger partial charge in [-0.2, -0.15) is 0 Å². The maximum absolute atomic E-state index is 4.83. The number of benzene rings is 1. The van der Waals surface area contributed by atoms with Crippen molar-refractivity contribution >= 4 is 6.08 Å². The molecule has 13 heavy (non-hydrogen) atoms. The molecule has 0 fully saturated rings. The molecule has 0 saturated heterocycles. The molecular weight excluding hydrogens is 164 g/mol. The van der Waals surface area contributed by atoms with Crippen molar-refractivity contribution in [1.29, 1.82) is 0 Å². The molecule has 1 rings (SSSR count). The summed E-state index contributed by atoms with van der Waals surface area (Å²) in [6.45, 7) is 4.87. The number of hydrogen-bond acceptors (Lipinski definition) is 1. The van der Waals surface area contributed by atoms with Crippen molar-refractivity contribution in [2.45, 2.75) is 6.61 Å². The van der Waals surface area contributed by atoms with Crippen molar-refractivity contribution in [3.63, 3.8) is 0 Å². The first-order valence-corrected chi connectivity index (χ1v) is 4.20. The summed E-state index contributed by atoms with van der Waals surface area (Å²) in [5.41, 5.74) is 2.33. The molecule has 0 unspecified atom stereocenters. The van der Waals surface area contributed by atoms with Crippen LogP contribution in [0.2, 0.25) is 0 Å². The molecule has 0 aliphatic rings. The van der Waals surface area contributed by atoms with Crippen LogP contribution in [0.4, 0.5) is 0 Å². The third kappa shape index (κ3) is 3.40. The van der Waals surface area contributed by atoms with Gasteiger partial charge in [-0.1, -0.05) is 36.9 Å². The average Bonchev–Trinajstić information content (AvgIpc) is 2.19. The fraction of sp³-hybridized carbons (Fsp3) is 0.273. The monoisotopic (exact) mass is 179 g/mol. The Morgan fingerprint density at radius 2 is 2.08 bits per heavy atom. The van der Waals surface area contributed by atoms with Crippen LogP contribution in [0.25, 0.3) is 6.08 Å². The Balaban J connectivity index is 2.44. The molecule has 0 aromatic heterocycles. The van der Waals surface area contributed by atoms with Crippen molar-refractivity contribution in [2.24, 2.45) is 0 Å². The van der Waals surface area contributed by atoms with Gasteiger partial charge in [0, 0.05) is 12.7 Å². The lowest BCUT2D eigenvalue weighted by molar-refractivity contribution is -0.158. The van der Waals surface area contributed by atoms with E-state index in [0.717, 1.165) is 5.56 Å². The zero-order valence-electron chi connectivity index (χ0n) is 7.86.